The Morgan fingerprint density at radius 3 is 2.87 bits per heavy atom. The van der Waals surface area contributed by atoms with Gasteiger partial charge in [-0.15, -0.1) is 0 Å². The smallest absolute Gasteiger partial charge is 0.123 e. The fourth-order valence-corrected chi connectivity index (χ4v) is 2.80. The SMILES string of the molecule is Fc1ccc2c(c1)c1c(n2Cl)CCCC1. The molecule has 0 atom stereocenters. The highest BCUT2D eigenvalue weighted by Crippen LogP contribution is 2.33. The van der Waals surface area contributed by atoms with Crippen molar-refractivity contribution in [1.29, 1.82) is 0 Å². The van der Waals surface area contributed by atoms with Crippen molar-refractivity contribution >= 4 is 22.7 Å². The molecule has 0 saturated heterocycles. The molecule has 1 aromatic heterocycles. The number of rotatable bonds is 0. The zero-order valence-electron chi connectivity index (χ0n) is 8.26. The van der Waals surface area contributed by atoms with E-state index in [1.165, 1.54) is 30.2 Å². The monoisotopic (exact) mass is 223 g/mol. The standard InChI is InChI=1S/C12H11ClFN/c13-15-11-4-2-1-3-9(11)10-7-8(14)5-6-12(10)15/h5-7H,1-4H2. The fourth-order valence-electron chi connectivity index (χ4n) is 2.46. The topological polar surface area (TPSA) is 4.93 Å². The highest BCUT2D eigenvalue weighted by Gasteiger charge is 2.19. The number of aryl methyl sites for hydroxylation is 1. The molecular weight excluding hydrogens is 213 g/mol. The van der Waals surface area contributed by atoms with E-state index in [4.69, 9.17) is 11.8 Å². The second kappa shape index (κ2) is 3.24. The Balaban J connectivity index is 2.39. The maximum absolute atomic E-state index is 13.2. The van der Waals surface area contributed by atoms with Gasteiger partial charge in [0, 0.05) is 22.9 Å². The Morgan fingerprint density at radius 1 is 1.20 bits per heavy atom. The van der Waals surface area contributed by atoms with Crippen LogP contribution in [0.25, 0.3) is 10.9 Å². The Labute approximate surface area is 92.6 Å². The lowest BCUT2D eigenvalue weighted by Gasteiger charge is -2.11. The van der Waals surface area contributed by atoms with Crippen molar-refractivity contribution < 1.29 is 4.39 Å². The summed E-state index contributed by atoms with van der Waals surface area (Å²) in [7, 11) is 0. The second-order valence-electron chi connectivity index (χ2n) is 4.07. The maximum atomic E-state index is 13.2. The maximum Gasteiger partial charge on any atom is 0.123 e. The van der Waals surface area contributed by atoms with Gasteiger partial charge in [-0.25, -0.2) is 4.39 Å². The molecule has 1 aliphatic carbocycles. The van der Waals surface area contributed by atoms with Crippen molar-refractivity contribution in [1.82, 2.24) is 4.09 Å². The first-order chi connectivity index (χ1) is 7.27. The Morgan fingerprint density at radius 2 is 2.00 bits per heavy atom. The van der Waals surface area contributed by atoms with Gasteiger partial charge in [-0.3, -0.25) is 4.09 Å². The van der Waals surface area contributed by atoms with Crippen molar-refractivity contribution in [2.45, 2.75) is 25.7 Å². The van der Waals surface area contributed by atoms with E-state index in [0.29, 0.717) is 0 Å². The third-order valence-electron chi connectivity index (χ3n) is 3.17. The summed E-state index contributed by atoms with van der Waals surface area (Å²) in [5.74, 6) is -0.182. The molecule has 2 aromatic rings. The zero-order valence-corrected chi connectivity index (χ0v) is 9.02. The van der Waals surface area contributed by atoms with E-state index < -0.39 is 0 Å². The molecule has 15 heavy (non-hydrogen) atoms. The minimum Gasteiger partial charge on any atom is -0.257 e. The van der Waals surface area contributed by atoms with Crippen LogP contribution in [-0.2, 0) is 12.8 Å². The first-order valence-corrected chi connectivity index (χ1v) is 5.59. The van der Waals surface area contributed by atoms with Crippen molar-refractivity contribution in [3.63, 3.8) is 0 Å². The minimum atomic E-state index is -0.182. The summed E-state index contributed by atoms with van der Waals surface area (Å²) < 4.78 is 14.9. The fraction of sp³-hybridized carbons (Fsp3) is 0.333. The second-order valence-corrected chi connectivity index (χ2v) is 4.41. The van der Waals surface area contributed by atoms with E-state index in [-0.39, 0.29) is 5.82 Å². The molecule has 0 saturated carbocycles. The number of aromatic nitrogens is 1. The molecule has 1 aliphatic rings. The van der Waals surface area contributed by atoms with Crippen LogP contribution in [0.3, 0.4) is 0 Å². The molecule has 0 bridgehead atoms. The van der Waals surface area contributed by atoms with Gasteiger partial charge in [0.25, 0.3) is 0 Å². The van der Waals surface area contributed by atoms with E-state index >= 15 is 0 Å². The van der Waals surface area contributed by atoms with E-state index in [9.17, 15) is 4.39 Å². The van der Waals surface area contributed by atoms with Gasteiger partial charge in [0.1, 0.15) is 5.82 Å². The molecule has 0 amide bonds. The number of benzene rings is 1. The summed E-state index contributed by atoms with van der Waals surface area (Å²) >= 11 is 6.22. The predicted octanol–water partition coefficient (Wildman–Crippen LogP) is 3.66. The highest BCUT2D eigenvalue weighted by molar-refractivity contribution is 6.20. The summed E-state index contributed by atoms with van der Waals surface area (Å²) in [6.07, 6.45) is 4.39. The van der Waals surface area contributed by atoms with Crippen LogP contribution >= 0.6 is 11.8 Å². The number of hydrogen-bond donors (Lipinski definition) is 0. The molecule has 78 valence electrons. The van der Waals surface area contributed by atoms with E-state index in [1.807, 2.05) is 0 Å². The molecule has 0 N–H and O–H groups in total. The number of halogens is 2. The van der Waals surface area contributed by atoms with Gasteiger partial charge in [-0.1, -0.05) is 0 Å². The van der Waals surface area contributed by atoms with Gasteiger partial charge in [-0.2, -0.15) is 0 Å². The molecule has 0 aliphatic heterocycles. The van der Waals surface area contributed by atoms with Crippen LogP contribution in [0.1, 0.15) is 24.1 Å². The number of hydrogen-bond acceptors (Lipinski definition) is 0. The van der Waals surface area contributed by atoms with Crippen molar-refractivity contribution in [2.24, 2.45) is 0 Å². The lowest BCUT2D eigenvalue weighted by molar-refractivity contribution is 0.629. The Kier molecular flexibility index (Phi) is 1.99. The molecular formula is C12H11ClFN. The van der Waals surface area contributed by atoms with Crippen LogP contribution in [0.2, 0.25) is 0 Å². The van der Waals surface area contributed by atoms with Crippen LogP contribution in [0.15, 0.2) is 18.2 Å². The molecule has 1 aromatic carbocycles. The third-order valence-corrected chi connectivity index (χ3v) is 3.56. The third kappa shape index (κ3) is 1.28. The van der Waals surface area contributed by atoms with Gasteiger partial charge in [0.2, 0.25) is 0 Å². The van der Waals surface area contributed by atoms with E-state index in [0.717, 1.165) is 23.7 Å². The molecule has 3 heteroatoms. The quantitative estimate of drug-likeness (QED) is 0.642. The molecule has 0 fully saturated rings. The predicted molar refractivity (Wildman–Crippen MR) is 59.8 cm³/mol. The average molecular weight is 224 g/mol. The summed E-state index contributed by atoms with van der Waals surface area (Å²) in [6.45, 7) is 0. The first-order valence-electron chi connectivity index (χ1n) is 5.25. The van der Waals surface area contributed by atoms with Gasteiger partial charge in [0.05, 0.1) is 5.52 Å². The largest absolute Gasteiger partial charge is 0.257 e. The first kappa shape index (κ1) is 9.22. The Hall–Kier alpha value is -1.02. The lowest BCUT2D eigenvalue weighted by Crippen LogP contribution is -2.02. The number of fused-ring (bicyclic) bond motifs is 3. The summed E-state index contributed by atoms with van der Waals surface area (Å²) in [6, 6.07) is 4.82. The summed E-state index contributed by atoms with van der Waals surface area (Å²) in [5.41, 5.74) is 3.35. The van der Waals surface area contributed by atoms with Crippen molar-refractivity contribution in [3.8, 4) is 0 Å². The highest BCUT2D eigenvalue weighted by atomic mass is 35.5. The van der Waals surface area contributed by atoms with Gasteiger partial charge >= 0.3 is 0 Å². The minimum absolute atomic E-state index is 0.182. The number of nitrogens with zero attached hydrogens (tertiary/aromatic N) is 1. The van der Waals surface area contributed by atoms with Gasteiger partial charge in [-0.05, 0) is 49.4 Å². The molecule has 1 heterocycles. The van der Waals surface area contributed by atoms with Gasteiger partial charge < -0.3 is 0 Å². The Bertz CT molecular complexity index is 530. The lowest BCUT2D eigenvalue weighted by atomic mass is 9.96. The van der Waals surface area contributed by atoms with Crippen LogP contribution in [-0.4, -0.2) is 4.09 Å². The van der Waals surface area contributed by atoms with E-state index in [2.05, 4.69) is 0 Å². The van der Waals surface area contributed by atoms with Crippen LogP contribution in [0.5, 0.6) is 0 Å². The van der Waals surface area contributed by atoms with Crippen LogP contribution in [0.4, 0.5) is 4.39 Å². The molecule has 0 radical (unpaired) electrons. The van der Waals surface area contributed by atoms with Crippen LogP contribution < -0.4 is 0 Å². The van der Waals surface area contributed by atoms with Crippen molar-refractivity contribution in [3.05, 3.63) is 35.3 Å². The normalized spacial score (nSPS) is 15.6. The van der Waals surface area contributed by atoms with Gasteiger partial charge in [0.15, 0.2) is 0 Å². The average Bonchev–Trinajstić information content (AvgIpc) is 2.54. The summed E-state index contributed by atoms with van der Waals surface area (Å²) in [4.78, 5) is 0. The van der Waals surface area contributed by atoms with Crippen molar-refractivity contribution in [2.75, 3.05) is 0 Å². The molecule has 3 rings (SSSR count). The summed E-state index contributed by atoms with van der Waals surface area (Å²) in [5, 5.41) is 0.986. The molecule has 1 nitrogen and oxygen atoms in total. The zero-order chi connectivity index (χ0) is 10.4. The molecule has 0 unspecified atom stereocenters. The molecule has 0 spiro atoms. The van der Waals surface area contributed by atoms with E-state index in [1.54, 1.807) is 16.2 Å². The van der Waals surface area contributed by atoms with Crippen LogP contribution in [0, 0.1) is 5.82 Å².